The number of nitrogens with zero attached hydrogens (tertiary/aromatic N) is 1. The van der Waals surface area contributed by atoms with Crippen LogP contribution >= 0.6 is 0 Å². The zero-order chi connectivity index (χ0) is 19.2. The van der Waals surface area contributed by atoms with Crippen molar-refractivity contribution in [1.82, 2.24) is 10.3 Å². The number of amides is 1. The lowest BCUT2D eigenvalue weighted by atomic mass is 10.1. The first-order chi connectivity index (χ1) is 13.0. The van der Waals surface area contributed by atoms with E-state index in [1.54, 1.807) is 54.7 Å². The Bertz CT molecular complexity index is 954. The Hall–Kier alpha value is -3.54. The topological polar surface area (TPSA) is 71.1 Å². The highest BCUT2D eigenvalue weighted by Gasteiger charge is 2.08. The largest absolute Gasteiger partial charge is 0.348 e. The molecule has 1 amide bonds. The van der Waals surface area contributed by atoms with Gasteiger partial charge in [0.05, 0.1) is 0 Å². The molecule has 0 bridgehead atoms. The molecule has 0 fully saturated rings. The minimum absolute atomic E-state index is 0.000465. The molecule has 1 heterocycles. The van der Waals surface area contributed by atoms with Gasteiger partial charge in [-0.2, -0.15) is 0 Å². The summed E-state index contributed by atoms with van der Waals surface area (Å²) >= 11 is 0. The number of rotatable bonds is 6. The molecule has 1 aromatic heterocycles. The molecule has 0 aliphatic heterocycles. The minimum atomic E-state index is -0.314. The number of carbonyl (C=O) groups excluding carboxylic acids is 2. The smallest absolute Gasteiger partial charge is 0.251 e. The van der Waals surface area contributed by atoms with Crippen molar-refractivity contribution >= 4 is 23.2 Å². The second-order valence-electron chi connectivity index (χ2n) is 6.00. The number of pyridine rings is 1. The van der Waals surface area contributed by atoms with Crippen LogP contribution in [0.3, 0.4) is 0 Å². The molecule has 5 nitrogen and oxygen atoms in total. The fourth-order valence-corrected chi connectivity index (χ4v) is 2.46. The predicted molar refractivity (Wildman–Crippen MR) is 102 cm³/mol. The van der Waals surface area contributed by atoms with Crippen molar-refractivity contribution in [2.75, 3.05) is 5.32 Å². The van der Waals surface area contributed by atoms with Crippen LogP contribution in [0.15, 0.2) is 66.9 Å². The van der Waals surface area contributed by atoms with Gasteiger partial charge < -0.3 is 10.6 Å². The van der Waals surface area contributed by atoms with Crippen LogP contribution in [0.25, 0.3) is 0 Å². The standard InChI is InChI=1S/C21H18FN3O2/c1-14(26)16-4-8-19(9-5-16)25-20-12-17(10-11-23-20)21(27)24-13-15-2-6-18(22)7-3-15/h2-12H,13H2,1H3,(H,23,25)(H,24,27). The van der Waals surface area contributed by atoms with E-state index < -0.39 is 0 Å². The van der Waals surface area contributed by atoms with E-state index in [-0.39, 0.29) is 17.5 Å². The Balaban J connectivity index is 1.64. The van der Waals surface area contributed by atoms with Gasteiger partial charge >= 0.3 is 0 Å². The van der Waals surface area contributed by atoms with Crippen molar-refractivity contribution < 1.29 is 14.0 Å². The van der Waals surface area contributed by atoms with Crippen LogP contribution in [0.1, 0.15) is 33.2 Å². The van der Waals surface area contributed by atoms with Gasteiger partial charge in [-0.25, -0.2) is 9.37 Å². The molecule has 0 unspecified atom stereocenters. The summed E-state index contributed by atoms with van der Waals surface area (Å²) in [6, 6.07) is 16.2. The van der Waals surface area contributed by atoms with Crippen molar-refractivity contribution in [1.29, 1.82) is 0 Å². The van der Waals surface area contributed by atoms with Crippen LogP contribution in [0.4, 0.5) is 15.9 Å². The van der Waals surface area contributed by atoms with Crippen molar-refractivity contribution in [3.05, 3.63) is 89.4 Å². The van der Waals surface area contributed by atoms with Gasteiger partial charge in [-0.3, -0.25) is 9.59 Å². The molecule has 0 radical (unpaired) electrons. The van der Waals surface area contributed by atoms with Gasteiger partial charge in [-0.05, 0) is 61.0 Å². The molecule has 0 atom stereocenters. The molecule has 27 heavy (non-hydrogen) atoms. The van der Waals surface area contributed by atoms with Crippen LogP contribution in [0, 0.1) is 5.82 Å². The number of aromatic nitrogens is 1. The lowest BCUT2D eigenvalue weighted by Gasteiger charge is -2.09. The van der Waals surface area contributed by atoms with E-state index in [4.69, 9.17) is 0 Å². The Kier molecular flexibility index (Phi) is 5.56. The van der Waals surface area contributed by atoms with Gasteiger partial charge in [-0.1, -0.05) is 12.1 Å². The summed E-state index contributed by atoms with van der Waals surface area (Å²) in [6.45, 7) is 1.81. The third-order valence-corrected chi connectivity index (χ3v) is 3.95. The van der Waals surface area contributed by atoms with Gasteiger partial charge in [-0.15, -0.1) is 0 Å². The number of Topliss-reactive ketones (excluding diaryl/α,β-unsaturated/α-hetero) is 1. The number of hydrogen-bond acceptors (Lipinski definition) is 4. The predicted octanol–water partition coefficient (Wildman–Crippen LogP) is 4.10. The summed E-state index contributed by atoms with van der Waals surface area (Å²) in [5, 5.41) is 5.89. The molecule has 0 aliphatic carbocycles. The molecular weight excluding hydrogens is 345 g/mol. The minimum Gasteiger partial charge on any atom is -0.348 e. The number of hydrogen-bond donors (Lipinski definition) is 2. The highest BCUT2D eigenvalue weighted by atomic mass is 19.1. The fraction of sp³-hybridized carbons (Fsp3) is 0.0952. The maximum absolute atomic E-state index is 12.9. The Labute approximate surface area is 156 Å². The quantitative estimate of drug-likeness (QED) is 0.647. The molecule has 0 spiro atoms. The van der Waals surface area contributed by atoms with E-state index in [0.29, 0.717) is 23.5 Å². The number of benzene rings is 2. The van der Waals surface area contributed by atoms with Crippen molar-refractivity contribution in [2.24, 2.45) is 0 Å². The van der Waals surface area contributed by atoms with E-state index in [1.165, 1.54) is 19.1 Å². The van der Waals surface area contributed by atoms with E-state index in [1.807, 2.05) is 0 Å². The summed E-state index contributed by atoms with van der Waals surface area (Å²) in [4.78, 5) is 27.9. The SMILES string of the molecule is CC(=O)c1ccc(Nc2cc(C(=O)NCc3ccc(F)cc3)ccn2)cc1. The molecule has 2 N–H and O–H groups in total. The molecule has 2 aromatic carbocycles. The van der Waals surface area contributed by atoms with Gasteiger partial charge in [0.1, 0.15) is 11.6 Å². The highest BCUT2D eigenvalue weighted by Crippen LogP contribution is 2.16. The second kappa shape index (κ2) is 8.23. The Morgan fingerprint density at radius 1 is 0.963 bits per heavy atom. The monoisotopic (exact) mass is 363 g/mol. The van der Waals surface area contributed by atoms with Crippen molar-refractivity contribution in [3.8, 4) is 0 Å². The molecule has 3 rings (SSSR count). The molecule has 0 aliphatic rings. The van der Waals surface area contributed by atoms with Crippen LogP contribution in [-0.2, 0) is 6.54 Å². The summed E-state index contributed by atoms with van der Waals surface area (Å²) in [5.74, 6) is -0.0533. The van der Waals surface area contributed by atoms with E-state index in [9.17, 15) is 14.0 Å². The third-order valence-electron chi connectivity index (χ3n) is 3.95. The first-order valence-corrected chi connectivity index (χ1v) is 8.38. The summed E-state index contributed by atoms with van der Waals surface area (Å²) in [7, 11) is 0. The van der Waals surface area contributed by atoms with Gasteiger partial charge in [0.2, 0.25) is 0 Å². The number of anilines is 2. The van der Waals surface area contributed by atoms with Crippen LogP contribution in [-0.4, -0.2) is 16.7 Å². The average molecular weight is 363 g/mol. The van der Waals surface area contributed by atoms with Crippen LogP contribution in [0.5, 0.6) is 0 Å². The van der Waals surface area contributed by atoms with Crippen LogP contribution < -0.4 is 10.6 Å². The first-order valence-electron chi connectivity index (χ1n) is 8.38. The van der Waals surface area contributed by atoms with Gasteiger partial charge in [0.25, 0.3) is 5.91 Å². The number of carbonyl (C=O) groups is 2. The normalized spacial score (nSPS) is 10.3. The van der Waals surface area contributed by atoms with Crippen molar-refractivity contribution in [2.45, 2.75) is 13.5 Å². The third kappa shape index (κ3) is 4.98. The molecule has 6 heteroatoms. The van der Waals surface area contributed by atoms with Gasteiger partial charge in [0.15, 0.2) is 5.78 Å². The van der Waals surface area contributed by atoms with Crippen LogP contribution in [0.2, 0.25) is 0 Å². The molecule has 0 saturated heterocycles. The zero-order valence-corrected chi connectivity index (χ0v) is 14.7. The lowest BCUT2D eigenvalue weighted by Crippen LogP contribution is -2.22. The second-order valence-corrected chi connectivity index (χ2v) is 6.00. The maximum Gasteiger partial charge on any atom is 0.251 e. The molecule has 0 saturated carbocycles. The number of halogens is 1. The van der Waals surface area contributed by atoms with E-state index in [0.717, 1.165) is 11.3 Å². The van der Waals surface area contributed by atoms with E-state index >= 15 is 0 Å². The number of ketones is 1. The molecule has 136 valence electrons. The number of nitrogens with one attached hydrogen (secondary N) is 2. The summed E-state index contributed by atoms with van der Waals surface area (Å²) < 4.78 is 12.9. The highest BCUT2D eigenvalue weighted by molar-refractivity contribution is 5.95. The molecular formula is C21H18FN3O2. The lowest BCUT2D eigenvalue weighted by molar-refractivity contribution is 0.0950. The zero-order valence-electron chi connectivity index (χ0n) is 14.7. The van der Waals surface area contributed by atoms with E-state index in [2.05, 4.69) is 15.6 Å². The Morgan fingerprint density at radius 3 is 2.33 bits per heavy atom. The van der Waals surface area contributed by atoms with Gasteiger partial charge in [0, 0.05) is 29.6 Å². The summed E-state index contributed by atoms with van der Waals surface area (Å²) in [6.07, 6.45) is 1.54. The summed E-state index contributed by atoms with van der Waals surface area (Å²) in [5.41, 5.74) is 2.65. The average Bonchev–Trinajstić information content (AvgIpc) is 2.68. The molecule has 3 aromatic rings. The van der Waals surface area contributed by atoms with Crippen molar-refractivity contribution in [3.63, 3.8) is 0 Å². The fourth-order valence-electron chi connectivity index (χ4n) is 2.46. The Morgan fingerprint density at radius 2 is 1.67 bits per heavy atom. The maximum atomic E-state index is 12.9. The first kappa shape index (κ1) is 18.3.